The van der Waals surface area contributed by atoms with Crippen molar-refractivity contribution in [3.8, 4) is 11.4 Å². The van der Waals surface area contributed by atoms with E-state index >= 15 is 0 Å². The molecule has 2 aromatic rings. The lowest BCUT2D eigenvalue weighted by Crippen LogP contribution is -1.94. The van der Waals surface area contributed by atoms with Crippen molar-refractivity contribution in [2.75, 3.05) is 0 Å². The molecule has 0 radical (unpaired) electrons. The molecule has 5 heteroatoms. The Morgan fingerprint density at radius 3 is 2.71 bits per heavy atom. The van der Waals surface area contributed by atoms with Crippen LogP contribution in [0.25, 0.3) is 11.4 Å². The lowest BCUT2D eigenvalue weighted by atomic mass is 10.2. The van der Waals surface area contributed by atoms with Crippen LogP contribution >= 0.6 is 20.8 Å². The third-order valence-electron chi connectivity index (χ3n) is 1.71. The normalized spacial score (nSPS) is 10.5. The molecule has 0 bridgehead atoms. The predicted molar refractivity (Wildman–Crippen MR) is 59.4 cm³/mol. The van der Waals surface area contributed by atoms with Crippen LogP contribution in [0.1, 0.15) is 5.01 Å². The zero-order valence-electron chi connectivity index (χ0n) is 7.49. The highest BCUT2D eigenvalue weighted by Crippen LogP contribution is 2.18. The van der Waals surface area contributed by atoms with Gasteiger partial charge in [-0.2, -0.15) is 4.37 Å². The van der Waals surface area contributed by atoms with Gasteiger partial charge in [0.15, 0.2) is 5.82 Å². The van der Waals surface area contributed by atoms with Gasteiger partial charge in [0.2, 0.25) is 0 Å². The molecule has 1 heterocycles. The first kappa shape index (κ1) is 9.69. The Bertz CT molecular complexity index is 449. The summed E-state index contributed by atoms with van der Waals surface area (Å²) in [6.07, 6.45) is 0. The molecule has 0 aliphatic rings. The maximum absolute atomic E-state index is 13.1. The Kier molecular flexibility index (Phi) is 2.57. The summed E-state index contributed by atoms with van der Waals surface area (Å²) < 4.78 is 17.2. The Morgan fingerprint density at radius 2 is 2.14 bits per heavy atom. The van der Waals surface area contributed by atoms with Crippen molar-refractivity contribution in [3.05, 3.63) is 29.0 Å². The van der Waals surface area contributed by atoms with E-state index in [0.29, 0.717) is 5.82 Å². The van der Waals surface area contributed by atoms with E-state index in [1.54, 1.807) is 0 Å². The van der Waals surface area contributed by atoms with Gasteiger partial charge in [-0.05, 0) is 42.0 Å². The van der Waals surface area contributed by atoms with Gasteiger partial charge in [-0.25, -0.2) is 9.37 Å². The maximum Gasteiger partial charge on any atom is 0.173 e. The molecular formula is C9H8FN2PS. The van der Waals surface area contributed by atoms with E-state index in [4.69, 9.17) is 0 Å². The van der Waals surface area contributed by atoms with Gasteiger partial charge in [-0.15, -0.1) is 9.24 Å². The largest absolute Gasteiger partial charge is 0.220 e. The van der Waals surface area contributed by atoms with Gasteiger partial charge in [-0.3, -0.25) is 0 Å². The molecule has 2 rings (SSSR count). The van der Waals surface area contributed by atoms with Crippen LogP contribution in [-0.2, 0) is 0 Å². The molecule has 1 unspecified atom stereocenters. The fourth-order valence-corrected chi connectivity index (χ4v) is 1.99. The topological polar surface area (TPSA) is 25.8 Å². The molecular weight excluding hydrogens is 218 g/mol. The van der Waals surface area contributed by atoms with E-state index in [9.17, 15) is 4.39 Å². The summed E-state index contributed by atoms with van der Waals surface area (Å²) in [5.41, 5.74) is 0.722. The minimum Gasteiger partial charge on any atom is -0.220 e. The molecule has 1 aromatic heterocycles. The molecule has 2 nitrogen and oxygen atoms in total. The van der Waals surface area contributed by atoms with Gasteiger partial charge in [0.25, 0.3) is 0 Å². The third-order valence-corrected chi connectivity index (χ3v) is 2.66. The monoisotopic (exact) mass is 226 g/mol. The number of benzene rings is 1. The van der Waals surface area contributed by atoms with E-state index in [-0.39, 0.29) is 5.82 Å². The first-order valence-corrected chi connectivity index (χ1v) is 5.37. The molecule has 14 heavy (non-hydrogen) atoms. The molecule has 0 aliphatic carbocycles. The fraction of sp³-hybridized carbons (Fsp3) is 0.111. The number of aryl methyl sites for hydroxylation is 1. The van der Waals surface area contributed by atoms with E-state index in [1.165, 1.54) is 23.7 Å². The number of halogens is 1. The number of rotatable bonds is 1. The summed E-state index contributed by atoms with van der Waals surface area (Å²) in [6, 6.07) is 4.73. The van der Waals surface area contributed by atoms with Crippen LogP contribution in [0.4, 0.5) is 4.39 Å². The van der Waals surface area contributed by atoms with Crippen LogP contribution < -0.4 is 5.30 Å². The van der Waals surface area contributed by atoms with Gasteiger partial charge in [0.1, 0.15) is 10.8 Å². The van der Waals surface area contributed by atoms with Gasteiger partial charge in [0, 0.05) is 5.56 Å². The van der Waals surface area contributed by atoms with Crippen LogP contribution in [0, 0.1) is 12.7 Å². The smallest absolute Gasteiger partial charge is 0.173 e. The molecule has 0 aliphatic heterocycles. The Morgan fingerprint density at radius 1 is 1.36 bits per heavy atom. The summed E-state index contributed by atoms with van der Waals surface area (Å²) in [4.78, 5) is 4.19. The summed E-state index contributed by atoms with van der Waals surface area (Å²) >= 11 is 1.32. The molecule has 0 N–H and O–H groups in total. The second-order valence-corrected chi connectivity index (χ2v) is 4.53. The van der Waals surface area contributed by atoms with Crippen molar-refractivity contribution in [2.45, 2.75) is 6.92 Å². The van der Waals surface area contributed by atoms with Crippen molar-refractivity contribution in [1.29, 1.82) is 0 Å². The number of hydrogen-bond donors (Lipinski definition) is 0. The highest BCUT2D eigenvalue weighted by atomic mass is 32.1. The van der Waals surface area contributed by atoms with Crippen molar-refractivity contribution < 1.29 is 4.39 Å². The molecule has 0 amide bonds. The standard InChI is InChI=1S/C9H8FN2PS/c1-5-11-9(12-14-5)6-2-7(10)4-8(13)3-6/h2-4H,13H2,1H3. The fourth-order valence-electron chi connectivity index (χ4n) is 1.16. The van der Waals surface area contributed by atoms with E-state index in [2.05, 4.69) is 18.6 Å². The van der Waals surface area contributed by atoms with E-state index in [1.807, 2.05) is 13.0 Å². The zero-order chi connectivity index (χ0) is 10.1. The lowest BCUT2D eigenvalue weighted by molar-refractivity contribution is 0.629. The van der Waals surface area contributed by atoms with Gasteiger partial charge in [-0.1, -0.05) is 0 Å². The van der Waals surface area contributed by atoms with Crippen molar-refractivity contribution in [1.82, 2.24) is 9.36 Å². The SMILES string of the molecule is Cc1nc(-c2cc(F)cc(P)c2)ns1. The minimum atomic E-state index is -0.264. The number of hydrogen-bond acceptors (Lipinski definition) is 3. The molecule has 0 spiro atoms. The highest BCUT2D eigenvalue weighted by molar-refractivity contribution is 7.27. The van der Waals surface area contributed by atoms with Gasteiger partial charge >= 0.3 is 0 Å². The molecule has 72 valence electrons. The average molecular weight is 226 g/mol. The van der Waals surface area contributed by atoms with Crippen LogP contribution in [-0.4, -0.2) is 9.36 Å². The molecule has 0 saturated heterocycles. The van der Waals surface area contributed by atoms with Gasteiger partial charge in [0.05, 0.1) is 0 Å². The predicted octanol–water partition coefficient (Wildman–Crippen LogP) is 2.15. The number of aromatic nitrogens is 2. The maximum atomic E-state index is 13.1. The molecule has 1 atom stereocenters. The molecule has 0 saturated carbocycles. The first-order valence-electron chi connectivity index (χ1n) is 4.02. The Hall–Kier alpha value is -0.860. The third kappa shape index (κ3) is 1.97. The van der Waals surface area contributed by atoms with Crippen LogP contribution in [0.15, 0.2) is 18.2 Å². The van der Waals surface area contributed by atoms with Crippen LogP contribution in [0.3, 0.4) is 0 Å². The quantitative estimate of drug-likeness (QED) is 0.696. The Balaban J connectivity index is 2.51. The minimum absolute atomic E-state index is 0.264. The highest BCUT2D eigenvalue weighted by Gasteiger charge is 2.05. The molecule has 1 aromatic carbocycles. The van der Waals surface area contributed by atoms with Crippen LogP contribution in [0.2, 0.25) is 0 Å². The van der Waals surface area contributed by atoms with Gasteiger partial charge < -0.3 is 0 Å². The van der Waals surface area contributed by atoms with E-state index in [0.717, 1.165) is 15.9 Å². The molecule has 0 fully saturated rings. The number of nitrogens with zero attached hydrogens (tertiary/aromatic N) is 2. The summed E-state index contributed by atoms with van der Waals surface area (Å²) in [7, 11) is 2.46. The lowest BCUT2D eigenvalue weighted by Gasteiger charge is -1.97. The summed E-state index contributed by atoms with van der Waals surface area (Å²) in [6.45, 7) is 1.88. The first-order chi connectivity index (χ1) is 6.65. The van der Waals surface area contributed by atoms with Crippen molar-refractivity contribution in [2.24, 2.45) is 0 Å². The second kappa shape index (κ2) is 3.71. The van der Waals surface area contributed by atoms with E-state index < -0.39 is 0 Å². The van der Waals surface area contributed by atoms with Crippen molar-refractivity contribution >= 4 is 26.1 Å². The summed E-state index contributed by atoms with van der Waals surface area (Å²) in [5.74, 6) is 0.329. The second-order valence-electron chi connectivity index (χ2n) is 2.91. The Labute approximate surface area is 87.6 Å². The summed E-state index contributed by atoms with van der Waals surface area (Å²) in [5, 5.41) is 1.68. The van der Waals surface area contributed by atoms with Crippen molar-refractivity contribution in [3.63, 3.8) is 0 Å². The average Bonchev–Trinajstić information content (AvgIpc) is 2.50. The van der Waals surface area contributed by atoms with Crippen LogP contribution in [0.5, 0.6) is 0 Å². The zero-order valence-corrected chi connectivity index (χ0v) is 9.46.